The number of aliphatic carboxylic acids is 1. The van der Waals surface area contributed by atoms with Crippen LogP contribution in [0.3, 0.4) is 0 Å². The van der Waals surface area contributed by atoms with Gasteiger partial charge in [0.25, 0.3) is 5.91 Å². The minimum atomic E-state index is -1.10. The van der Waals surface area contributed by atoms with Crippen LogP contribution in [0.1, 0.15) is 31.3 Å². The summed E-state index contributed by atoms with van der Waals surface area (Å²) >= 11 is 7.26. The van der Waals surface area contributed by atoms with Crippen LogP contribution in [0.2, 0.25) is 5.02 Å². The molecule has 0 bridgehead atoms. The molecule has 0 saturated carbocycles. The highest BCUT2D eigenvalue weighted by Gasteiger charge is 2.25. The van der Waals surface area contributed by atoms with Gasteiger partial charge in [0.15, 0.2) is 10.9 Å². The predicted octanol–water partition coefficient (Wildman–Crippen LogP) is 2.08. The molecule has 1 rings (SSSR count). The van der Waals surface area contributed by atoms with Gasteiger partial charge in [-0.2, -0.15) is 0 Å². The molecule has 110 valence electrons. The molecule has 1 aromatic rings. The molecule has 0 spiro atoms. The lowest BCUT2D eigenvalue weighted by Crippen LogP contribution is -2.44. The van der Waals surface area contributed by atoms with E-state index in [0.717, 1.165) is 5.75 Å². The summed E-state index contributed by atoms with van der Waals surface area (Å²) in [6.45, 7) is 5.35. The summed E-state index contributed by atoms with van der Waals surface area (Å²) < 4.78 is 0. The Morgan fingerprint density at radius 3 is 2.65 bits per heavy atom. The van der Waals surface area contributed by atoms with E-state index < -0.39 is 17.9 Å². The number of thioether (sulfide) groups is 1. The summed E-state index contributed by atoms with van der Waals surface area (Å²) in [6, 6.07) is -0.990. The van der Waals surface area contributed by atoms with E-state index >= 15 is 0 Å². The quantitative estimate of drug-likeness (QED) is 0.616. The summed E-state index contributed by atoms with van der Waals surface area (Å²) in [7, 11) is 0. The first-order valence-corrected chi connectivity index (χ1v) is 7.42. The third kappa shape index (κ3) is 4.35. The highest BCUT2D eigenvalue weighted by atomic mass is 35.5. The Kier molecular flexibility index (Phi) is 6.22. The topological polar surface area (TPSA) is 92.2 Å². The minimum Gasteiger partial charge on any atom is -0.480 e. The van der Waals surface area contributed by atoms with Crippen LogP contribution >= 0.6 is 23.4 Å². The molecule has 0 aromatic carbocycles. The molecule has 0 radical (unpaired) electrons. The highest BCUT2D eigenvalue weighted by Crippen LogP contribution is 2.18. The Balaban J connectivity index is 2.96. The number of hydrogen-bond acceptors (Lipinski definition) is 5. The maximum Gasteiger partial charge on any atom is 0.326 e. The first-order chi connectivity index (χ1) is 9.36. The van der Waals surface area contributed by atoms with Gasteiger partial charge in [0.2, 0.25) is 0 Å². The van der Waals surface area contributed by atoms with E-state index in [9.17, 15) is 9.59 Å². The summed E-state index contributed by atoms with van der Waals surface area (Å²) in [5, 5.41) is 12.0. The van der Waals surface area contributed by atoms with Gasteiger partial charge in [0.05, 0.1) is 11.2 Å². The van der Waals surface area contributed by atoms with Gasteiger partial charge < -0.3 is 10.4 Å². The van der Waals surface area contributed by atoms with Crippen molar-refractivity contribution < 1.29 is 14.7 Å². The molecule has 0 aliphatic rings. The first-order valence-electron chi connectivity index (χ1n) is 6.05. The van der Waals surface area contributed by atoms with Crippen molar-refractivity contribution in [1.29, 1.82) is 0 Å². The maximum absolute atomic E-state index is 12.1. The number of carbonyl (C=O) groups is 2. The third-order valence-electron chi connectivity index (χ3n) is 2.43. The van der Waals surface area contributed by atoms with Gasteiger partial charge >= 0.3 is 5.97 Å². The number of hydrogen-bond donors (Lipinski definition) is 2. The zero-order valence-electron chi connectivity index (χ0n) is 11.4. The lowest BCUT2D eigenvalue weighted by atomic mass is 10.0. The molecular formula is C12H16ClN3O3S. The predicted molar refractivity (Wildman–Crippen MR) is 77.2 cm³/mol. The Labute approximate surface area is 126 Å². The second-order valence-corrected chi connectivity index (χ2v) is 5.95. The van der Waals surface area contributed by atoms with E-state index in [-0.39, 0.29) is 16.6 Å². The average molecular weight is 318 g/mol. The Hall–Kier alpha value is -1.34. The van der Waals surface area contributed by atoms with Gasteiger partial charge in [-0.15, -0.1) is 0 Å². The van der Waals surface area contributed by atoms with Crippen molar-refractivity contribution in [2.24, 2.45) is 5.92 Å². The Morgan fingerprint density at radius 1 is 1.50 bits per heavy atom. The van der Waals surface area contributed by atoms with E-state index in [2.05, 4.69) is 15.3 Å². The summed E-state index contributed by atoms with van der Waals surface area (Å²) in [4.78, 5) is 31.2. The standard InChI is InChI=1S/C12H16ClN3O3S/c1-4-20-12-14-5-7(13)9(16-12)10(17)15-8(6(2)3)11(18)19/h5-6,8H,4H2,1-3H3,(H,15,17)(H,18,19). The van der Waals surface area contributed by atoms with E-state index in [1.165, 1.54) is 18.0 Å². The smallest absolute Gasteiger partial charge is 0.326 e. The number of amides is 1. The number of aromatic nitrogens is 2. The molecule has 6 nitrogen and oxygen atoms in total. The number of rotatable bonds is 6. The van der Waals surface area contributed by atoms with Crippen molar-refractivity contribution in [3.05, 3.63) is 16.9 Å². The van der Waals surface area contributed by atoms with Crippen molar-refractivity contribution in [3.8, 4) is 0 Å². The number of carbonyl (C=O) groups excluding carboxylic acids is 1. The van der Waals surface area contributed by atoms with Crippen LogP contribution < -0.4 is 5.32 Å². The van der Waals surface area contributed by atoms with Gasteiger partial charge in [-0.05, 0) is 11.7 Å². The molecule has 1 amide bonds. The van der Waals surface area contributed by atoms with Crippen molar-refractivity contribution in [1.82, 2.24) is 15.3 Å². The zero-order chi connectivity index (χ0) is 15.3. The lowest BCUT2D eigenvalue weighted by Gasteiger charge is -2.17. The van der Waals surface area contributed by atoms with Crippen LogP contribution in [0.4, 0.5) is 0 Å². The molecule has 0 aliphatic heterocycles. The molecule has 2 N–H and O–H groups in total. The van der Waals surface area contributed by atoms with Crippen molar-refractivity contribution in [2.45, 2.75) is 32.0 Å². The molecule has 0 fully saturated rings. The second kappa shape index (κ2) is 7.44. The highest BCUT2D eigenvalue weighted by molar-refractivity contribution is 7.99. The SMILES string of the molecule is CCSc1ncc(Cl)c(C(=O)NC(C(=O)O)C(C)C)n1. The minimum absolute atomic E-state index is 0.00971. The molecule has 0 saturated heterocycles. The zero-order valence-corrected chi connectivity index (χ0v) is 13.0. The van der Waals surface area contributed by atoms with Gasteiger partial charge in [-0.25, -0.2) is 14.8 Å². The molecule has 1 atom stereocenters. The van der Waals surface area contributed by atoms with Crippen molar-refractivity contribution in [2.75, 3.05) is 5.75 Å². The fourth-order valence-corrected chi connectivity index (χ4v) is 2.15. The van der Waals surface area contributed by atoms with Crippen LogP contribution in [0.25, 0.3) is 0 Å². The normalized spacial score (nSPS) is 12.2. The van der Waals surface area contributed by atoms with Crippen molar-refractivity contribution in [3.63, 3.8) is 0 Å². The fraction of sp³-hybridized carbons (Fsp3) is 0.500. The largest absolute Gasteiger partial charge is 0.480 e. The summed E-state index contributed by atoms with van der Waals surface area (Å²) in [5.74, 6) is -1.20. The lowest BCUT2D eigenvalue weighted by molar-refractivity contribution is -0.140. The van der Waals surface area contributed by atoms with Gasteiger partial charge in [-0.1, -0.05) is 44.1 Å². The van der Waals surface area contributed by atoms with Gasteiger partial charge in [0.1, 0.15) is 6.04 Å². The molecule has 1 heterocycles. The van der Waals surface area contributed by atoms with Gasteiger partial charge in [-0.3, -0.25) is 4.79 Å². The van der Waals surface area contributed by atoms with Crippen LogP contribution in [-0.4, -0.2) is 38.7 Å². The molecule has 1 aromatic heterocycles. The number of carboxylic acids is 1. The van der Waals surface area contributed by atoms with E-state index in [1.54, 1.807) is 13.8 Å². The number of nitrogens with zero attached hydrogens (tertiary/aromatic N) is 2. The van der Waals surface area contributed by atoms with Crippen molar-refractivity contribution >= 4 is 35.2 Å². The van der Waals surface area contributed by atoms with Crippen LogP contribution in [0.5, 0.6) is 0 Å². The number of carboxylic acid groups (broad SMARTS) is 1. The van der Waals surface area contributed by atoms with Crippen LogP contribution in [-0.2, 0) is 4.79 Å². The monoisotopic (exact) mass is 317 g/mol. The summed E-state index contributed by atoms with van der Waals surface area (Å²) in [6.07, 6.45) is 1.34. The molecule has 20 heavy (non-hydrogen) atoms. The third-order valence-corrected chi connectivity index (χ3v) is 3.45. The summed E-state index contributed by atoms with van der Waals surface area (Å²) in [5.41, 5.74) is -0.00971. The maximum atomic E-state index is 12.1. The van der Waals surface area contributed by atoms with E-state index in [1.807, 2.05) is 6.92 Å². The molecule has 1 unspecified atom stereocenters. The van der Waals surface area contributed by atoms with Gasteiger partial charge in [0, 0.05) is 0 Å². The molecule has 0 aliphatic carbocycles. The fourth-order valence-electron chi connectivity index (χ4n) is 1.43. The molecular weight excluding hydrogens is 302 g/mol. The first kappa shape index (κ1) is 16.7. The van der Waals surface area contributed by atoms with E-state index in [0.29, 0.717) is 5.16 Å². The second-order valence-electron chi connectivity index (χ2n) is 4.32. The Bertz CT molecular complexity index is 511. The number of halogens is 1. The van der Waals surface area contributed by atoms with E-state index in [4.69, 9.17) is 16.7 Å². The average Bonchev–Trinajstić information content (AvgIpc) is 2.37. The van der Waals surface area contributed by atoms with Crippen LogP contribution in [0.15, 0.2) is 11.4 Å². The molecule has 8 heteroatoms. The Morgan fingerprint density at radius 2 is 2.15 bits per heavy atom. The number of nitrogens with one attached hydrogen (secondary N) is 1. The van der Waals surface area contributed by atoms with Crippen LogP contribution in [0, 0.1) is 5.92 Å².